The van der Waals surface area contributed by atoms with Gasteiger partial charge in [-0.25, -0.2) is 0 Å². The maximum Gasteiger partial charge on any atom is 0.124 e. The molecule has 1 aliphatic rings. The van der Waals surface area contributed by atoms with Crippen LogP contribution >= 0.6 is 31.9 Å². The summed E-state index contributed by atoms with van der Waals surface area (Å²) in [5, 5.41) is 9.50. The van der Waals surface area contributed by atoms with Gasteiger partial charge in [0.05, 0.1) is 18.8 Å². The van der Waals surface area contributed by atoms with Gasteiger partial charge in [0.25, 0.3) is 0 Å². The van der Waals surface area contributed by atoms with Crippen LogP contribution in [0.25, 0.3) is 0 Å². The molecule has 160 valence electrons. The molecule has 5 heteroatoms. The van der Waals surface area contributed by atoms with E-state index in [1.54, 1.807) is 0 Å². The van der Waals surface area contributed by atoms with Crippen molar-refractivity contribution in [2.75, 3.05) is 13.2 Å². The van der Waals surface area contributed by atoms with Crippen molar-refractivity contribution in [3.8, 4) is 11.5 Å². The molecule has 0 aliphatic carbocycles. The third kappa shape index (κ3) is 8.69. The maximum absolute atomic E-state index is 9.50. The van der Waals surface area contributed by atoms with Gasteiger partial charge in [0, 0.05) is 8.95 Å². The second-order valence-electron chi connectivity index (χ2n) is 8.70. The minimum Gasteiger partial charge on any atom is -0.494 e. The van der Waals surface area contributed by atoms with Crippen LogP contribution in [0, 0.1) is 0 Å². The molecule has 0 aromatic heterocycles. The number of halogens is 2. The minimum absolute atomic E-state index is 0.243. The molecule has 0 bridgehead atoms. The Hall–Kier alpha value is -1.04. The Morgan fingerprint density at radius 2 is 1.83 bits per heavy atom. The van der Waals surface area contributed by atoms with Gasteiger partial charge in [-0.3, -0.25) is 0 Å². The highest BCUT2D eigenvalue weighted by atomic mass is 79.9. The summed E-state index contributed by atoms with van der Waals surface area (Å²) in [6.45, 7) is 9.67. The van der Waals surface area contributed by atoms with Gasteiger partial charge in [-0.2, -0.15) is 0 Å². The fourth-order valence-corrected chi connectivity index (χ4v) is 3.98. The molecular weight excluding hydrogens is 496 g/mol. The molecule has 3 nitrogen and oxygen atoms in total. The monoisotopic (exact) mass is 526 g/mol. The Morgan fingerprint density at radius 1 is 1.10 bits per heavy atom. The molecule has 0 saturated heterocycles. The molecule has 1 N–H and O–H groups in total. The first-order valence-corrected chi connectivity index (χ1v) is 11.7. The molecule has 0 fully saturated rings. The topological polar surface area (TPSA) is 38.7 Å². The van der Waals surface area contributed by atoms with E-state index in [0.717, 1.165) is 46.3 Å². The van der Waals surface area contributed by atoms with Crippen molar-refractivity contribution in [3.63, 3.8) is 0 Å². The van der Waals surface area contributed by atoms with Gasteiger partial charge in [-0.15, -0.1) is 0 Å². The number of aliphatic hydroxyl groups is 1. The van der Waals surface area contributed by atoms with Crippen molar-refractivity contribution in [1.82, 2.24) is 0 Å². The first-order valence-electron chi connectivity index (χ1n) is 10.1. The van der Waals surface area contributed by atoms with Crippen molar-refractivity contribution in [2.45, 2.75) is 64.4 Å². The lowest BCUT2D eigenvalue weighted by Crippen LogP contribution is -2.19. The summed E-state index contributed by atoms with van der Waals surface area (Å²) in [6.07, 6.45) is 3.94. The lowest BCUT2D eigenvalue weighted by Gasteiger charge is -2.23. The molecule has 1 heterocycles. The predicted octanol–water partition coefficient (Wildman–Crippen LogP) is 7.28. The summed E-state index contributed by atoms with van der Waals surface area (Å²) in [5.41, 5.74) is 0.978. The van der Waals surface area contributed by atoms with E-state index in [0.29, 0.717) is 6.61 Å². The third-order valence-corrected chi connectivity index (χ3v) is 5.86. The van der Waals surface area contributed by atoms with E-state index < -0.39 is 5.60 Å². The molecule has 0 radical (unpaired) electrons. The van der Waals surface area contributed by atoms with Crippen molar-refractivity contribution in [1.29, 1.82) is 0 Å². The summed E-state index contributed by atoms with van der Waals surface area (Å²) < 4.78 is 13.4. The first-order chi connectivity index (χ1) is 13.6. The van der Waals surface area contributed by atoms with Gasteiger partial charge in [-0.05, 0) is 80.8 Å². The highest BCUT2D eigenvalue weighted by Gasteiger charge is 2.26. The Balaban J connectivity index is 0.000000207. The molecule has 0 amide bonds. The lowest BCUT2D eigenvalue weighted by atomic mass is 9.81. The molecule has 29 heavy (non-hydrogen) atoms. The molecule has 0 atom stereocenters. The van der Waals surface area contributed by atoms with Crippen LogP contribution in [0.3, 0.4) is 0 Å². The Bertz CT molecular complexity index is 782. The Kier molecular flexibility index (Phi) is 9.05. The molecule has 2 aromatic carbocycles. The average molecular weight is 528 g/mol. The second-order valence-corrected chi connectivity index (χ2v) is 10.5. The van der Waals surface area contributed by atoms with Gasteiger partial charge in [-0.1, -0.05) is 57.8 Å². The lowest BCUT2D eigenvalue weighted by molar-refractivity contribution is 0.0641. The zero-order chi connectivity index (χ0) is 21.5. The van der Waals surface area contributed by atoms with Crippen LogP contribution in [0.4, 0.5) is 0 Å². The van der Waals surface area contributed by atoms with Crippen LogP contribution < -0.4 is 9.47 Å². The first kappa shape index (κ1) is 24.2. The summed E-state index contributed by atoms with van der Waals surface area (Å²) in [7, 11) is 0. The number of ether oxygens (including phenoxy) is 2. The van der Waals surface area contributed by atoms with Gasteiger partial charge < -0.3 is 14.6 Å². The van der Waals surface area contributed by atoms with Crippen LogP contribution in [0.1, 0.15) is 58.9 Å². The largest absolute Gasteiger partial charge is 0.494 e. The molecular formula is C24H32Br2O3. The van der Waals surface area contributed by atoms with Crippen molar-refractivity contribution in [3.05, 3.63) is 57.0 Å². The van der Waals surface area contributed by atoms with E-state index in [-0.39, 0.29) is 5.41 Å². The normalized spacial score (nSPS) is 15.3. The van der Waals surface area contributed by atoms with Crippen LogP contribution in [0.5, 0.6) is 11.5 Å². The number of hydrogen-bond acceptors (Lipinski definition) is 3. The summed E-state index contributed by atoms with van der Waals surface area (Å²) in [6, 6.07) is 14.1. The molecule has 1 aliphatic heterocycles. The molecule has 2 aromatic rings. The summed E-state index contributed by atoms with van der Waals surface area (Å²) in [5.74, 6) is 1.90. The highest BCUT2D eigenvalue weighted by molar-refractivity contribution is 9.10. The fraction of sp³-hybridized carbons (Fsp3) is 0.500. The molecule has 3 rings (SSSR count). The summed E-state index contributed by atoms with van der Waals surface area (Å²) >= 11 is 6.86. The van der Waals surface area contributed by atoms with Crippen LogP contribution in [0.15, 0.2) is 51.4 Å². The van der Waals surface area contributed by atoms with E-state index >= 15 is 0 Å². The highest BCUT2D eigenvalue weighted by Crippen LogP contribution is 2.38. The number of hydrogen-bond donors (Lipinski definition) is 1. The van der Waals surface area contributed by atoms with E-state index in [4.69, 9.17) is 9.47 Å². The number of rotatable bonds is 5. The fourth-order valence-electron chi connectivity index (χ4n) is 3.26. The zero-order valence-corrected chi connectivity index (χ0v) is 21.0. The number of fused-ring (bicyclic) bond motifs is 1. The third-order valence-electron chi connectivity index (χ3n) is 4.87. The molecule has 0 spiro atoms. The van der Waals surface area contributed by atoms with Gasteiger partial charge >= 0.3 is 0 Å². The van der Waals surface area contributed by atoms with Crippen LogP contribution in [0.2, 0.25) is 0 Å². The minimum atomic E-state index is -0.597. The molecule has 0 unspecified atom stereocenters. The van der Waals surface area contributed by atoms with E-state index in [1.807, 2.05) is 38.1 Å². The smallest absolute Gasteiger partial charge is 0.124 e. The predicted molar refractivity (Wildman–Crippen MR) is 127 cm³/mol. The van der Waals surface area contributed by atoms with E-state index in [1.165, 1.54) is 12.0 Å². The molecule has 0 saturated carbocycles. The van der Waals surface area contributed by atoms with E-state index in [9.17, 15) is 5.11 Å². The van der Waals surface area contributed by atoms with Crippen molar-refractivity contribution < 1.29 is 14.6 Å². The van der Waals surface area contributed by atoms with Crippen molar-refractivity contribution in [2.24, 2.45) is 0 Å². The Morgan fingerprint density at radius 3 is 2.52 bits per heavy atom. The van der Waals surface area contributed by atoms with Crippen molar-refractivity contribution >= 4 is 31.9 Å². The zero-order valence-electron chi connectivity index (χ0n) is 17.8. The number of benzene rings is 2. The van der Waals surface area contributed by atoms with Crippen LogP contribution in [-0.2, 0) is 5.41 Å². The second kappa shape index (κ2) is 10.8. The quantitative estimate of drug-likeness (QED) is 0.415. The van der Waals surface area contributed by atoms with E-state index in [2.05, 4.69) is 63.9 Å². The summed E-state index contributed by atoms with van der Waals surface area (Å²) in [4.78, 5) is 0. The van der Waals surface area contributed by atoms with Gasteiger partial charge in [0.15, 0.2) is 0 Å². The average Bonchev–Trinajstić information content (AvgIpc) is 2.76. The SMILES string of the molecule is CC(C)(O)CCCOc1cccc(Br)c1.CC1(C)CCCOc2cc(Br)ccc21. The van der Waals surface area contributed by atoms with Crippen LogP contribution in [-0.4, -0.2) is 23.9 Å². The maximum atomic E-state index is 9.50. The van der Waals surface area contributed by atoms with Gasteiger partial charge in [0.1, 0.15) is 11.5 Å². The Labute approximate surface area is 192 Å². The standard InChI is InChI=1S/C12H17BrO2.C12H15BrO/c1-12(2,14)7-4-8-15-11-6-3-5-10(13)9-11;1-12(2)6-3-7-14-11-8-9(13)4-5-10(11)12/h3,5-6,9,14H,4,7-8H2,1-2H3;4-5,8H,3,6-7H2,1-2H3. The van der Waals surface area contributed by atoms with Gasteiger partial charge in [0.2, 0.25) is 0 Å².